The molecule has 0 radical (unpaired) electrons. The lowest BCUT2D eigenvalue weighted by Crippen LogP contribution is -2.39. The van der Waals surface area contributed by atoms with Crippen molar-refractivity contribution in [3.8, 4) is 0 Å². The van der Waals surface area contributed by atoms with E-state index in [1.54, 1.807) is 11.8 Å². The summed E-state index contributed by atoms with van der Waals surface area (Å²) in [5.74, 6) is 0.407. The lowest BCUT2D eigenvalue weighted by Gasteiger charge is -2.27. The number of nitrogens with zero attached hydrogens (tertiary/aromatic N) is 4. The van der Waals surface area contributed by atoms with Crippen LogP contribution in [0.15, 0.2) is 4.52 Å². The zero-order valence-electron chi connectivity index (χ0n) is 15.0. The lowest BCUT2D eigenvalue weighted by molar-refractivity contribution is -0.137. The predicted octanol–water partition coefficient (Wildman–Crippen LogP) is 1.05. The molecule has 2 saturated heterocycles. The van der Waals surface area contributed by atoms with Crippen molar-refractivity contribution in [3.63, 3.8) is 0 Å². The molecule has 0 bridgehead atoms. The standard InChI is InChI=1S/C17H26N4O4/c1-4-12(5-2)20-8-11(6-15(20)23)17(24)21-9-13(22)7-14(21)16-18-10(3)19-25-16/h11-14,22H,4-9H2,1-3H3/t11?,13-,14-/m1/s1. The Balaban J connectivity index is 1.74. The van der Waals surface area contributed by atoms with Gasteiger partial charge < -0.3 is 19.4 Å². The Bertz CT molecular complexity index is 642. The Morgan fingerprint density at radius 3 is 2.68 bits per heavy atom. The van der Waals surface area contributed by atoms with Gasteiger partial charge in [0.1, 0.15) is 6.04 Å². The van der Waals surface area contributed by atoms with Crippen LogP contribution in [0.2, 0.25) is 0 Å². The number of hydrogen-bond donors (Lipinski definition) is 1. The first-order chi connectivity index (χ1) is 11.9. The summed E-state index contributed by atoms with van der Waals surface area (Å²) in [6.45, 7) is 6.52. The summed E-state index contributed by atoms with van der Waals surface area (Å²) in [7, 11) is 0. The molecule has 3 rings (SSSR count). The molecule has 1 N–H and O–H groups in total. The summed E-state index contributed by atoms with van der Waals surface area (Å²) in [5.41, 5.74) is 0. The van der Waals surface area contributed by atoms with Gasteiger partial charge in [0.25, 0.3) is 0 Å². The van der Waals surface area contributed by atoms with Crippen LogP contribution in [0.3, 0.4) is 0 Å². The fourth-order valence-electron chi connectivity index (χ4n) is 3.95. The van der Waals surface area contributed by atoms with Crippen LogP contribution in [0.5, 0.6) is 0 Å². The van der Waals surface area contributed by atoms with Crippen molar-refractivity contribution in [1.82, 2.24) is 19.9 Å². The number of aliphatic hydroxyl groups excluding tert-OH is 1. The zero-order valence-corrected chi connectivity index (χ0v) is 15.0. The minimum Gasteiger partial charge on any atom is -0.391 e. The van der Waals surface area contributed by atoms with E-state index in [1.807, 2.05) is 4.90 Å². The number of aliphatic hydroxyl groups is 1. The van der Waals surface area contributed by atoms with Gasteiger partial charge in [-0.3, -0.25) is 9.59 Å². The van der Waals surface area contributed by atoms with Crippen molar-refractivity contribution in [1.29, 1.82) is 0 Å². The summed E-state index contributed by atoms with van der Waals surface area (Å²) >= 11 is 0. The molecule has 1 aromatic rings. The SMILES string of the molecule is CCC(CC)N1CC(C(=O)N2C[C@H](O)C[C@@H]2c2nc(C)no2)CC1=O. The van der Waals surface area contributed by atoms with Crippen LogP contribution in [0.25, 0.3) is 0 Å². The van der Waals surface area contributed by atoms with Crippen molar-refractivity contribution in [3.05, 3.63) is 11.7 Å². The molecular formula is C17H26N4O4. The lowest BCUT2D eigenvalue weighted by atomic mass is 10.1. The van der Waals surface area contributed by atoms with E-state index in [1.165, 1.54) is 0 Å². The normalized spacial score (nSPS) is 26.9. The summed E-state index contributed by atoms with van der Waals surface area (Å²) < 4.78 is 5.21. The average Bonchev–Trinajstić information content (AvgIpc) is 3.27. The van der Waals surface area contributed by atoms with Crippen LogP contribution in [-0.4, -0.2) is 62.1 Å². The van der Waals surface area contributed by atoms with Gasteiger partial charge in [-0.25, -0.2) is 0 Å². The third kappa shape index (κ3) is 3.40. The topological polar surface area (TPSA) is 99.8 Å². The molecule has 0 saturated carbocycles. The molecule has 3 atom stereocenters. The molecule has 2 fully saturated rings. The van der Waals surface area contributed by atoms with Crippen LogP contribution in [-0.2, 0) is 9.59 Å². The van der Waals surface area contributed by atoms with E-state index in [-0.39, 0.29) is 36.7 Å². The highest BCUT2D eigenvalue weighted by atomic mass is 16.5. The Morgan fingerprint density at radius 2 is 2.08 bits per heavy atom. The van der Waals surface area contributed by atoms with Gasteiger partial charge in [0.15, 0.2) is 5.82 Å². The molecule has 1 aromatic heterocycles. The first-order valence-corrected chi connectivity index (χ1v) is 9.02. The van der Waals surface area contributed by atoms with Crippen LogP contribution in [0.4, 0.5) is 0 Å². The molecule has 2 aliphatic heterocycles. The average molecular weight is 350 g/mol. The van der Waals surface area contributed by atoms with Crippen molar-refractivity contribution in [2.45, 2.75) is 64.6 Å². The van der Waals surface area contributed by atoms with E-state index in [4.69, 9.17) is 4.52 Å². The van der Waals surface area contributed by atoms with Crippen LogP contribution in [0.1, 0.15) is 57.3 Å². The fraction of sp³-hybridized carbons (Fsp3) is 0.765. The van der Waals surface area contributed by atoms with Crippen molar-refractivity contribution >= 4 is 11.8 Å². The molecule has 8 nitrogen and oxygen atoms in total. The van der Waals surface area contributed by atoms with Gasteiger partial charge in [0, 0.05) is 32.0 Å². The second-order valence-electron chi connectivity index (χ2n) is 6.99. The molecule has 0 aliphatic carbocycles. The fourth-order valence-corrected chi connectivity index (χ4v) is 3.95. The first-order valence-electron chi connectivity index (χ1n) is 9.02. The molecule has 1 unspecified atom stereocenters. The molecule has 25 heavy (non-hydrogen) atoms. The minimum atomic E-state index is -0.617. The summed E-state index contributed by atoms with van der Waals surface area (Å²) in [6.07, 6.45) is 1.76. The van der Waals surface area contributed by atoms with Gasteiger partial charge in [-0.15, -0.1) is 0 Å². The van der Waals surface area contributed by atoms with Gasteiger partial charge in [0.05, 0.1) is 12.0 Å². The van der Waals surface area contributed by atoms with E-state index in [9.17, 15) is 14.7 Å². The van der Waals surface area contributed by atoms with E-state index < -0.39 is 12.1 Å². The van der Waals surface area contributed by atoms with Crippen molar-refractivity contribution in [2.75, 3.05) is 13.1 Å². The molecule has 138 valence electrons. The van der Waals surface area contributed by atoms with Crippen LogP contribution in [0, 0.1) is 12.8 Å². The number of amides is 2. The minimum absolute atomic E-state index is 0.0389. The predicted molar refractivity (Wildman–Crippen MR) is 88.3 cm³/mol. The van der Waals surface area contributed by atoms with Crippen LogP contribution >= 0.6 is 0 Å². The van der Waals surface area contributed by atoms with Gasteiger partial charge in [0.2, 0.25) is 17.7 Å². The van der Waals surface area contributed by atoms with Gasteiger partial charge in [-0.05, 0) is 19.8 Å². The van der Waals surface area contributed by atoms with Gasteiger partial charge in [-0.2, -0.15) is 4.98 Å². The number of hydrogen-bond acceptors (Lipinski definition) is 6. The van der Waals surface area contributed by atoms with E-state index in [2.05, 4.69) is 24.0 Å². The first kappa shape index (κ1) is 17.8. The number of carbonyl (C=O) groups is 2. The quantitative estimate of drug-likeness (QED) is 0.852. The van der Waals surface area contributed by atoms with Crippen LogP contribution < -0.4 is 0 Å². The Morgan fingerprint density at radius 1 is 1.36 bits per heavy atom. The molecule has 8 heteroatoms. The summed E-state index contributed by atoms with van der Waals surface area (Å²) in [4.78, 5) is 33.0. The highest BCUT2D eigenvalue weighted by molar-refractivity contribution is 5.89. The largest absolute Gasteiger partial charge is 0.391 e. The van der Waals surface area contributed by atoms with Gasteiger partial charge >= 0.3 is 0 Å². The molecule has 0 aromatic carbocycles. The van der Waals surface area contributed by atoms with Crippen molar-refractivity contribution in [2.24, 2.45) is 5.92 Å². The monoisotopic (exact) mass is 350 g/mol. The molecule has 2 amide bonds. The molecule has 2 aliphatic rings. The van der Waals surface area contributed by atoms with E-state index in [0.717, 1.165) is 12.8 Å². The van der Waals surface area contributed by atoms with E-state index in [0.29, 0.717) is 24.7 Å². The molecule has 0 spiro atoms. The number of aromatic nitrogens is 2. The Labute approximate surface area is 147 Å². The maximum Gasteiger partial charge on any atom is 0.249 e. The maximum absolute atomic E-state index is 13.0. The third-order valence-corrected chi connectivity index (χ3v) is 5.28. The number of β-amino-alcohol motifs (C(OH)–C–C–N with tert-alkyl or cyclic N) is 1. The number of aryl methyl sites for hydroxylation is 1. The zero-order chi connectivity index (χ0) is 18.1. The summed E-state index contributed by atoms with van der Waals surface area (Å²) in [6, 6.07) is -0.232. The Hall–Kier alpha value is -1.96. The number of carbonyl (C=O) groups excluding carboxylic acids is 2. The smallest absolute Gasteiger partial charge is 0.249 e. The number of likely N-dealkylation sites (tertiary alicyclic amines) is 2. The van der Waals surface area contributed by atoms with Gasteiger partial charge in [-0.1, -0.05) is 19.0 Å². The Kier molecular flexibility index (Phi) is 5.08. The molecular weight excluding hydrogens is 324 g/mol. The number of rotatable bonds is 5. The van der Waals surface area contributed by atoms with E-state index >= 15 is 0 Å². The second kappa shape index (κ2) is 7.11. The highest BCUT2D eigenvalue weighted by Gasteiger charge is 2.44. The maximum atomic E-state index is 13.0. The highest BCUT2D eigenvalue weighted by Crippen LogP contribution is 2.34. The summed E-state index contributed by atoms with van der Waals surface area (Å²) in [5, 5.41) is 13.8. The molecule has 3 heterocycles. The second-order valence-corrected chi connectivity index (χ2v) is 6.99. The third-order valence-electron chi connectivity index (χ3n) is 5.28. The van der Waals surface area contributed by atoms with Crippen molar-refractivity contribution < 1.29 is 19.2 Å².